The van der Waals surface area contributed by atoms with E-state index in [1.807, 2.05) is 0 Å². The van der Waals surface area contributed by atoms with Gasteiger partial charge in [-0.15, -0.1) is 0 Å². The number of nitrogens with one attached hydrogen (secondary N) is 1. The van der Waals surface area contributed by atoms with Crippen LogP contribution in [0.5, 0.6) is 11.6 Å². The minimum Gasteiger partial charge on any atom is -0.486 e. The average molecular weight is 484 g/mol. The van der Waals surface area contributed by atoms with Gasteiger partial charge in [-0.3, -0.25) is 10.1 Å². The van der Waals surface area contributed by atoms with Crippen LogP contribution < -0.4 is 14.8 Å². The number of halogens is 3. The summed E-state index contributed by atoms with van der Waals surface area (Å²) in [5.41, 5.74) is -1.68. The normalized spacial score (nSPS) is 14.1. The third-order valence-electron chi connectivity index (χ3n) is 4.70. The Labute approximate surface area is 196 Å². The lowest BCUT2D eigenvalue weighted by atomic mass is 10.0. The van der Waals surface area contributed by atoms with Gasteiger partial charge in [0.2, 0.25) is 0 Å². The van der Waals surface area contributed by atoms with Crippen LogP contribution in [0.3, 0.4) is 0 Å². The van der Waals surface area contributed by atoms with E-state index >= 15 is 0 Å². The summed E-state index contributed by atoms with van der Waals surface area (Å²) in [5, 5.41) is 14.5. The molecule has 0 aliphatic heterocycles. The summed E-state index contributed by atoms with van der Waals surface area (Å²) in [6, 6.07) is 2.96. The van der Waals surface area contributed by atoms with E-state index in [2.05, 4.69) is 25.0 Å². The van der Waals surface area contributed by atoms with Gasteiger partial charge in [-0.05, 0) is 25.5 Å². The molecule has 10 nitrogen and oxygen atoms in total. The van der Waals surface area contributed by atoms with E-state index in [1.165, 1.54) is 20.1 Å². The van der Waals surface area contributed by atoms with Crippen LogP contribution in [-0.2, 0) is 10.9 Å². The zero-order valence-electron chi connectivity index (χ0n) is 21.3. The van der Waals surface area contributed by atoms with Crippen molar-refractivity contribution in [3.05, 3.63) is 51.3 Å². The number of nitrogens with zero attached hydrogens (tertiary/aromatic N) is 4. The number of rotatable bonds is 9. The Morgan fingerprint density at radius 3 is 2.62 bits per heavy atom. The molecule has 0 radical (unpaired) electrons. The highest BCUT2D eigenvalue weighted by Crippen LogP contribution is 2.36. The predicted octanol–water partition coefficient (Wildman–Crippen LogP) is 4.47. The van der Waals surface area contributed by atoms with E-state index in [-0.39, 0.29) is 47.7 Å². The number of non-ortho nitro benzene ring substituents is 1. The minimum absolute atomic E-state index is 0.00528. The molecule has 3 rings (SSSR count). The predicted molar refractivity (Wildman–Crippen MR) is 116 cm³/mol. The topological polar surface area (TPSA) is 122 Å². The van der Waals surface area contributed by atoms with Gasteiger partial charge in [0.1, 0.15) is 18.2 Å². The molecular formula is C21H22F3N5O5. The van der Waals surface area contributed by atoms with Gasteiger partial charge in [0.15, 0.2) is 11.4 Å². The van der Waals surface area contributed by atoms with Gasteiger partial charge in [-0.25, -0.2) is 9.97 Å². The smallest absolute Gasteiger partial charge is 0.416 e. The van der Waals surface area contributed by atoms with Crippen molar-refractivity contribution in [3.63, 3.8) is 0 Å². The van der Waals surface area contributed by atoms with Crippen molar-refractivity contribution in [1.29, 1.82) is 0 Å². The maximum atomic E-state index is 13.3. The van der Waals surface area contributed by atoms with Crippen LogP contribution >= 0.6 is 0 Å². The van der Waals surface area contributed by atoms with E-state index in [4.69, 9.17) is 13.6 Å². The van der Waals surface area contributed by atoms with Gasteiger partial charge in [0, 0.05) is 25.2 Å². The van der Waals surface area contributed by atoms with Crippen LogP contribution in [0.15, 0.2) is 24.3 Å². The lowest BCUT2D eigenvalue weighted by molar-refractivity contribution is -0.385. The molecule has 0 saturated heterocycles. The Kier molecular flexibility index (Phi) is 6.15. The number of aromatic nitrogens is 3. The van der Waals surface area contributed by atoms with Gasteiger partial charge in [-0.2, -0.15) is 18.2 Å². The highest BCUT2D eigenvalue weighted by Gasteiger charge is 2.33. The van der Waals surface area contributed by atoms with Crippen molar-refractivity contribution in [2.45, 2.75) is 26.1 Å². The van der Waals surface area contributed by atoms with Gasteiger partial charge in [0.25, 0.3) is 11.6 Å². The number of hydrogen-bond donors (Lipinski definition) is 1. The van der Waals surface area contributed by atoms with Crippen LogP contribution in [0.1, 0.15) is 34.0 Å². The number of benzene rings is 1. The Hall–Kier alpha value is -3.74. The molecule has 2 aromatic heterocycles. The molecule has 2 heterocycles. The first-order chi connectivity index (χ1) is 17.2. The first kappa shape index (κ1) is 20.8. The second kappa shape index (κ2) is 10.0. The summed E-state index contributed by atoms with van der Waals surface area (Å²) in [6.45, 7) is 2.69. The van der Waals surface area contributed by atoms with Crippen LogP contribution in [-0.4, -0.2) is 47.2 Å². The number of methoxy groups -OCH3 is 2. The molecule has 0 spiro atoms. The second-order valence-corrected chi connectivity index (χ2v) is 7.12. The summed E-state index contributed by atoms with van der Waals surface area (Å²) in [5.74, 6) is 0.620. The van der Waals surface area contributed by atoms with E-state index in [9.17, 15) is 23.3 Å². The summed E-state index contributed by atoms with van der Waals surface area (Å²) in [6.07, 6.45) is -4.78. The zero-order chi connectivity index (χ0) is 27.5. The maximum Gasteiger partial charge on any atom is 0.416 e. The van der Waals surface area contributed by atoms with Crippen LogP contribution in [0.25, 0.3) is 11.0 Å². The highest BCUT2D eigenvalue weighted by molar-refractivity contribution is 5.88. The van der Waals surface area contributed by atoms with E-state index in [1.54, 1.807) is 6.92 Å². The van der Waals surface area contributed by atoms with Crippen LogP contribution in [0.2, 0.25) is 0 Å². The fourth-order valence-corrected chi connectivity index (χ4v) is 3.12. The summed E-state index contributed by atoms with van der Waals surface area (Å²) >= 11 is 0. The van der Waals surface area contributed by atoms with Gasteiger partial charge in [0.05, 0.1) is 39.7 Å². The Balaban J connectivity index is 1.98. The molecule has 0 amide bonds. The molecule has 0 fully saturated rings. The number of pyridine rings is 1. The summed E-state index contributed by atoms with van der Waals surface area (Å²) in [4.78, 5) is 23.1. The summed E-state index contributed by atoms with van der Waals surface area (Å²) in [7, 11) is -1.25. The molecule has 3 aromatic rings. The Morgan fingerprint density at radius 2 is 1.97 bits per heavy atom. The zero-order valence-corrected chi connectivity index (χ0v) is 18.3. The molecule has 0 aliphatic rings. The van der Waals surface area contributed by atoms with Gasteiger partial charge >= 0.3 is 6.18 Å². The fourth-order valence-electron chi connectivity index (χ4n) is 3.12. The monoisotopic (exact) mass is 484 g/mol. The third-order valence-corrected chi connectivity index (χ3v) is 4.70. The molecule has 1 N–H and O–H groups in total. The van der Waals surface area contributed by atoms with Gasteiger partial charge in [-0.1, -0.05) is 0 Å². The Morgan fingerprint density at radius 1 is 1.21 bits per heavy atom. The summed E-state index contributed by atoms with van der Waals surface area (Å²) < 4.78 is 76.6. The standard InChI is InChI=1S/C21H22F3N5O5/c1-11(13-7-14(21(22,23)24)9-15(8-13)29(30)31)25-18-16-10-17(34-6-5-32-3)20(33-4)28-19(16)27-12(2)26-18/h7-11H,5-6H2,1-4H3,(H,25,26,27,28)/t11-/m1/s1/i3D3. The number of nitro benzene ring substituents is 1. The lowest BCUT2D eigenvalue weighted by Crippen LogP contribution is -2.13. The average Bonchev–Trinajstić information content (AvgIpc) is 2.79. The maximum absolute atomic E-state index is 13.3. The molecule has 0 saturated carbocycles. The van der Waals surface area contributed by atoms with Crippen LogP contribution in [0, 0.1) is 17.0 Å². The molecule has 1 atom stereocenters. The fraction of sp³-hybridized carbons (Fsp3) is 0.381. The van der Waals surface area contributed by atoms with Crippen molar-refractivity contribution >= 4 is 22.5 Å². The number of fused-ring (bicyclic) bond motifs is 1. The van der Waals surface area contributed by atoms with E-state index < -0.39 is 35.4 Å². The number of aryl methyl sites for hydroxylation is 1. The number of nitro groups is 1. The molecule has 0 aliphatic carbocycles. The number of anilines is 1. The van der Waals surface area contributed by atoms with Crippen LogP contribution in [0.4, 0.5) is 24.7 Å². The molecule has 182 valence electrons. The molecule has 13 heteroatoms. The number of hydrogen-bond acceptors (Lipinski definition) is 9. The highest BCUT2D eigenvalue weighted by atomic mass is 19.4. The lowest BCUT2D eigenvalue weighted by Gasteiger charge is -2.19. The Bertz CT molecular complexity index is 1310. The van der Waals surface area contributed by atoms with Crippen molar-refractivity contribution in [2.75, 3.05) is 32.7 Å². The molecule has 0 unspecified atom stereocenters. The molecule has 1 aromatic carbocycles. The van der Waals surface area contributed by atoms with Gasteiger partial charge < -0.3 is 19.5 Å². The molecule has 0 bridgehead atoms. The van der Waals surface area contributed by atoms with Crippen molar-refractivity contribution < 1.29 is 36.4 Å². The first-order valence-corrected chi connectivity index (χ1v) is 9.81. The molecule has 34 heavy (non-hydrogen) atoms. The second-order valence-electron chi connectivity index (χ2n) is 7.12. The third kappa shape index (κ3) is 5.60. The number of ether oxygens (including phenoxy) is 3. The van der Waals surface area contributed by atoms with Crippen molar-refractivity contribution in [1.82, 2.24) is 15.0 Å². The quantitative estimate of drug-likeness (QED) is 0.266. The van der Waals surface area contributed by atoms with E-state index in [0.29, 0.717) is 11.5 Å². The van der Waals surface area contributed by atoms with Crippen molar-refractivity contribution in [3.8, 4) is 11.6 Å². The minimum atomic E-state index is -4.78. The number of alkyl halides is 3. The SMILES string of the molecule is [2H]C([2H])([2H])OCCOc1cc2c(N[C@H](C)c3cc([N+](=O)[O-])cc(C(F)(F)F)c3)nc(C)nc2nc1OC. The van der Waals surface area contributed by atoms with E-state index in [0.717, 1.165) is 12.1 Å². The largest absolute Gasteiger partial charge is 0.486 e. The molecular weight excluding hydrogens is 459 g/mol. The van der Waals surface area contributed by atoms with Crippen molar-refractivity contribution in [2.24, 2.45) is 0 Å². The first-order valence-electron chi connectivity index (χ1n) is 11.3.